The number of hydrogen-bond donors (Lipinski definition) is 2. The molecule has 1 unspecified atom stereocenters. The normalized spacial score (nSPS) is 24.5. The number of carboxylic acids is 1. The highest BCUT2D eigenvalue weighted by molar-refractivity contribution is 5.70. The fraction of sp³-hybridized carbons (Fsp3) is 0.625. The Labute approximate surface area is 66.1 Å². The van der Waals surface area contributed by atoms with Gasteiger partial charge in [-0.2, -0.15) is 0 Å². The van der Waals surface area contributed by atoms with Crippen LogP contribution in [0.1, 0.15) is 19.8 Å². The van der Waals surface area contributed by atoms with Crippen molar-refractivity contribution in [1.29, 1.82) is 0 Å². The van der Waals surface area contributed by atoms with Gasteiger partial charge < -0.3 is 10.4 Å². The van der Waals surface area contributed by atoms with E-state index in [0.717, 1.165) is 18.5 Å². The molecule has 0 amide bonds. The largest absolute Gasteiger partial charge is 0.481 e. The SMILES string of the molecule is CC1CC=C(CC(=O)O)CN1. The summed E-state index contributed by atoms with van der Waals surface area (Å²) in [6.45, 7) is 2.82. The van der Waals surface area contributed by atoms with Gasteiger partial charge in [-0.05, 0) is 18.9 Å². The minimum Gasteiger partial charge on any atom is -0.481 e. The second-order valence-corrected chi connectivity index (χ2v) is 2.95. The first kappa shape index (κ1) is 8.27. The van der Waals surface area contributed by atoms with E-state index >= 15 is 0 Å². The van der Waals surface area contributed by atoms with Gasteiger partial charge in [0.05, 0.1) is 6.42 Å². The summed E-state index contributed by atoms with van der Waals surface area (Å²) in [6.07, 6.45) is 3.15. The van der Waals surface area contributed by atoms with Crippen molar-refractivity contribution in [3.63, 3.8) is 0 Å². The van der Waals surface area contributed by atoms with Crippen LogP contribution in [0.5, 0.6) is 0 Å². The Kier molecular flexibility index (Phi) is 2.65. The van der Waals surface area contributed by atoms with E-state index in [-0.39, 0.29) is 6.42 Å². The zero-order valence-corrected chi connectivity index (χ0v) is 6.63. The van der Waals surface area contributed by atoms with Crippen LogP contribution in [0.4, 0.5) is 0 Å². The molecule has 1 heterocycles. The zero-order chi connectivity index (χ0) is 8.27. The molecule has 0 spiro atoms. The number of rotatable bonds is 2. The molecule has 1 rings (SSSR count). The minimum atomic E-state index is -0.743. The molecule has 0 saturated heterocycles. The van der Waals surface area contributed by atoms with E-state index in [0.29, 0.717) is 6.04 Å². The summed E-state index contributed by atoms with van der Waals surface area (Å²) in [5.74, 6) is -0.743. The summed E-state index contributed by atoms with van der Waals surface area (Å²) >= 11 is 0. The van der Waals surface area contributed by atoms with E-state index < -0.39 is 5.97 Å². The Morgan fingerprint density at radius 2 is 2.64 bits per heavy atom. The molecule has 0 bridgehead atoms. The maximum absolute atomic E-state index is 10.3. The van der Waals surface area contributed by atoms with E-state index in [1.165, 1.54) is 0 Å². The number of carbonyl (C=O) groups is 1. The molecular weight excluding hydrogens is 142 g/mol. The molecule has 0 aromatic carbocycles. The number of hydrogen-bond acceptors (Lipinski definition) is 2. The number of aliphatic carboxylic acids is 1. The molecule has 11 heavy (non-hydrogen) atoms. The van der Waals surface area contributed by atoms with Crippen LogP contribution in [-0.4, -0.2) is 23.7 Å². The Hall–Kier alpha value is -0.830. The number of carboxylic acid groups (broad SMARTS) is 1. The van der Waals surface area contributed by atoms with Gasteiger partial charge in [0.2, 0.25) is 0 Å². The predicted octanol–water partition coefficient (Wildman–Crippen LogP) is 0.769. The topological polar surface area (TPSA) is 49.3 Å². The van der Waals surface area contributed by atoms with Gasteiger partial charge in [0.1, 0.15) is 0 Å². The molecular formula is C8H13NO2. The molecule has 1 aliphatic rings. The van der Waals surface area contributed by atoms with E-state index in [1.807, 2.05) is 6.08 Å². The fourth-order valence-corrected chi connectivity index (χ4v) is 1.13. The van der Waals surface area contributed by atoms with E-state index in [9.17, 15) is 4.79 Å². The summed E-state index contributed by atoms with van der Waals surface area (Å²) in [4.78, 5) is 10.3. The predicted molar refractivity (Wildman–Crippen MR) is 42.4 cm³/mol. The van der Waals surface area contributed by atoms with Gasteiger partial charge in [0.25, 0.3) is 0 Å². The van der Waals surface area contributed by atoms with Gasteiger partial charge in [-0.3, -0.25) is 4.79 Å². The van der Waals surface area contributed by atoms with Crippen LogP contribution in [0.25, 0.3) is 0 Å². The van der Waals surface area contributed by atoms with Crippen molar-refractivity contribution in [2.45, 2.75) is 25.8 Å². The van der Waals surface area contributed by atoms with Gasteiger partial charge in [0, 0.05) is 12.6 Å². The highest BCUT2D eigenvalue weighted by Gasteiger charge is 2.10. The molecule has 0 fully saturated rings. The summed E-state index contributed by atoms with van der Waals surface area (Å²) in [7, 11) is 0. The Morgan fingerprint density at radius 3 is 3.09 bits per heavy atom. The van der Waals surface area contributed by atoms with Crippen molar-refractivity contribution in [3.05, 3.63) is 11.6 Å². The van der Waals surface area contributed by atoms with Gasteiger partial charge in [0.15, 0.2) is 0 Å². The third-order valence-corrected chi connectivity index (χ3v) is 1.82. The lowest BCUT2D eigenvalue weighted by molar-refractivity contribution is -0.136. The van der Waals surface area contributed by atoms with Gasteiger partial charge >= 0.3 is 5.97 Å². The van der Waals surface area contributed by atoms with E-state index in [2.05, 4.69) is 12.2 Å². The third kappa shape index (κ3) is 2.72. The van der Waals surface area contributed by atoms with E-state index in [4.69, 9.17) is 5.11 Å². The first-order chi connectivity index (χ1) is 5.18. The van der Waals surface area contributed by atoms with Crippen molar-refractivity contribution in [3.8, 4) is 0 Å². The van der Waals surface area contributed by atoms with Crippen LogP contribution >= 0.6 is 0 Å². The Balaban J connectivity index is 2.41. The molecule has 62 valence electrons. The van der Waals surface area contributed by atoms with Gasteiger partial charge in [-0.15, -0.1) is 0 Å². The Bertz CT molecular complexity index is 187. The monoisotopic (exact) mass is 155 g/mol. The molecule has 0 saturated carbocycles. The van der Waals surface area contributed by atoms with E-state index in [1.54, 1.807) is 0 Å². The minimum absolute atomic E-state index is 0.180. The van der Waals surface area contributed by atoms with Crippen molar-refractivity contribution in [2.24, 2.45) is 0 Å². The van der Waals surface area contributed by atoms with Crippen molar-refractivity contribution in [2.75, 3.05) is 6.54 Å². The average molecular weight is 155 g/mol. The summed E-state index contributed by atoms with van der Waals surface area (Å²) in [5.41, 5.74) is 0.996. The third-order valence-electron chi connectivity index (χ3n) is 1.82. The van der Waals surface area contributed by atoms with Crippen molar-refractivity contribution >= 4 is 5.97 Å². The lowest BCUT2D eigenvalue weighted by atomic mass is 10.0. The molecule has 0 radical (unpaired) electrons. The van der Waals surface area contributed by atoms with Crippen LogP contribution in [0.15, 0.2) is 11.6 Å². The van der Waals surface area contributed by atoms with Crippen LogP contribution in [-0.2, 0) is 4.79 Å². The Morgan fingerprint density at radius 1 is 1.91 bits per heavy atom. The second kappa shape index (κ2) is 3.53. The zero-order valence-electron chi connectivity index (χ0n) is 6.63. The summed E-state index contributed by atoms with van der Waals surface area (Å²) in [6, 6.07) is 0.493. The molecule has 1 atom stereocenters. The number of nitrogens with one attached hydrogen (secondary N) is 1. The van der Waals surface area contributed by atoms with Gasteiger partial charge in [-0.1, -0.05) is 6.08 Å². The average Bonchev–Trinajstić information content (AvgIpc) is 1.93. The van der Waals surface area contributed by atoms with Crippen molar-refractivity contribution in [1.82, 2.24) is 5.32 Å². The smallest absolute Gasteiger partial charge is 0.307 e. The molecule has 0 aromatic rings. The standard InChI is InChI=1S/C8H13NO2/c1-6-2-3-7(5-9-6)4-8(10)11/h3,6,9H,2,4-5H2,1H3,(H,10,11). The van der Waals surface area contributed by atoms with Crippen LogP contribution in [0, 0.1) is 0 Å². The lowest BCUT2D eigenvalue weighted by Crippen LogP contribution is -2.31. The lowest BCUT2D eigenvalue weighted by Gasteiger charge is -2.18. The van der Waals surface area contributed by atoms with Crippen LogP contribution < -0.4 is 5.32 Å². The van der Waals surface area contributed by atoms with Crippen LogP contribution in [0.3, 0.4) is 0 Å². The fourth-order valence-electron chi connectivity index (χ4n) is 1.13. The quantitative estimate of drug-likeness (QED) is 0.579. The summed E-state index contributed by atoms with van der Waals surface area (Å²) < 4.78 is 0. The highest BCUT2D eigenvalue weighted by Crippen LogP contribution is 2.09. The second-order valence-electron chi connectivity index (χ2n) is 2.95. The molecule has 1 aliphatic heterocycles. The highest BCUT2D eigenvalue weighted by atomic mass is 16.4. The maximum Gasteiger partial charge on any atom is 0.307 e. The summed E-state index contributed by atoms with van der Waals surface area (Å²) in [5, 5.41) is 11.7. The maximum atomic E-state index is 10.3. The van der Waals surface area contributed by atoms with Crippen molar-refractivity contribution < 1.29 is 9.90 Å². The molecule has 3 heteroatoms. The molecule has 0 aliphatic carbocycles. The first-order valence-electron chi connectivity index (χ1n) is 3.81. The van der Waals surface area contributed by atoms with Gasteiger partial charge in [-0.25, -0.2) is 0 Å². The first-order valence-corrected chi connectivity index (χ1v) is 3.81. The molecule has 0 aromatic heterocycles. The van der Waals surface area contributed by atoms with Crippen LogP contribution in [0.2, 0.25) is 0 Å². The molecule has 3 nitrogen and oxygen atoms in total. The molecule has 2 N–H and O–H groups in total.